The summed E-state index contributed by atoms with van der Waals surface area (Å²) in [5.74, 6) is 0.876. The molecule has 21 heavy (non-hydrogen) atoms. The summed E-state index contributed by atoms with van der Waals surface area (Å²) in [6, 6.07) is 7.26. The van der Waals surface area contributed by atoms with E-state index < -0.39 is 0 Å². The summed E-state index contributed by atoms with van der Waals surface area (Å²) in [6.07, 6.45) is 3.51. The third-order valence-corrected chi connectivity index (χ3v) is 3.11. The van der Waals surface area contributed by atoms with E-state index in [4.69, 9.17) is 4.52 Å². The molecule has 4 aromatic rings. The van der Waals surface area contributed by atoms with Gasteiger partial charge in [0.15, 0.2) is 5.82 Å². The number of fused-ring (bicyclic) bond motifs is 1. The second kappa shape index (κ2) is 4.44. The molecule has 0 atom stereocenters. The Labute approximate surface area is 117 Å². The van der Waals surface area contributed by atoms with Crippen molar-refractivity contribution in [1.29, 1.82) is 0 Å². The molecule has 0 aliphatic carbocycles. The Morgan fingerprint density at radius 1 is 1.24 bits per heavy atom. The Hall–Kier alpha value is -3.16. The van der Waals surface area contributed by atoms with Gasteiger partial charge < -0.3 is 14.5 Å². The Bertz CT molecular complexity index is 947. The summed E-state index contributed by atoms with van der Waals surface area (Å²) in [7, 11) is 0. The predicted molar refractivity (Wildman–Crippen MR) is 73.5 cm³/mol. The molecule has 3 heterocycles. The van der Waals surface area contributed by atoms with Crippen LogP contribution in [0.25, 0.3) is 22.5 Å². The molecule has 0 fully saturated rings. The molecule has 0 amide bonds. The molecule has 8 heteroatoms. The van der Waals surface area contributed by atoms with Crippen molar-refractivity contribution >= 4 is 11.0 Å². The van der Waals surface area contributed by atoms with E-state index in [1.807, 2.05) is 24.4 Å². The number of H-pyrrole nitrogens is 2. The maximum atomic E-state index is 11.4. The first kappa shape index (κ1) is 11.6. The van der Waals surface area contributed by atoms with E-state index >= 15 is 0 Å². The van der Waals surface area contributed by atoms with Gasteiger partial charge in [0.1, 0.15) is 6.54 Å². The maximum Gasteiger partial charge on any atom is 0.323 e. The second-order valence-electron chi connectivity index (χ2n) is 4.53. The molecule has 1 aromatic carbocycles. The van der Waals surface area contributed by atoms with Crippen molar-refractivity contribution in [2.45, 2.75) is 6.54 Å². The quantitative estimate of drug-likeness (QED) is 0.586. The molecule has 0 aliphatic heterocycles. The van der Waals surface area contributed by atoms with Gasteiger partial charge in [-0.3, -0.25) is 4.68 Å². The van der Waals surface area contributed by atoms with E-state index in [-0.39, 0.29) is 5.69 Å². The average Bonchev–Trinajstić information content (AvgIpc) is 3.18. The number of aromatic amines is 2. The highest BCUT2D eigenvalue weighted by atomic mass is 16.5. The van der Waals surface area contributed by atoms with Crippen molar-refractivity contribution in [3.05, 3.63) is 53.0 Å². The van der Waals surface area contributed by atoms with Crippen LogP contribution in [0.15, 0.2) is 46.0 Å². The number of hydrogen-bond donors (Lipinski definition) is 2. The van der Waals surface area contributed by atoms with Gasteiger partial charge in [-0.15, -0.1) is 0 Å². The summed E-state index contributed by atoms with van der Waals surface area (Å²) in [5.41, 5.74) is 1.76. The first-order chi connectivity index (χ1) is 10.3. The summed E-state index contributed by atoms with van der Waals surface area (Å²) in [4.78, 5) is 21.2. The number of rotatable bonds is 3. The Morgan fingerprint density at radius 3 is 3.05 bits per heavy atom. The van der Waals surface area contributed by atoms with E-state index in [2.05, 4.69) is 25.2 Å². The number of para-hydroxylation sites is 1. The van der Waals surface area contributed by atoms with Gasteiger partial charge in [-0.1, -0.05) is 11.2 Å². The highest BCUT2D eigenvalue weighted by Gasteiger charge is 2.13. The summed E-state index contributed by atoms with van der Waals surface area (Å²) in [5, 5.41) is 8.02. The first-order valence-electron chi connectivity index (χ1n) is 6.31. The van der Waals surface area contributed by atoms with Crippen molar-refractivity contribution in [2.24, 2.45) is 0 Å². The third-order valence-electron chi connectivity index (χ3n) is 3.11. The number of hydrogen-bond acceptors (Lipinski definition) is 5. The summed E-state index contributed by atoms with van der Waals surface area (Å²) < 4.78 is 6.98. The zero-order valence-corrected chi connectivity index (χ0v) is 10.8. The largest absolute Gasteiger partial charge is 0.334 e. The Morgan fingerprint density at radius 2 is 2.19 bits per heavy atom. The van der Waals surface area contributed by atoms with Gasteiger partial charge in [-0.05, 0) is 18.2 Å². The number of nitrogens with zero attached hydrogens (tertiary/aromatic N) is 4. The highest BCUT2D eigenvalue weighted by molar-refractivity contribution is 5.88. The predicted octanol–water partition coefficient (Wildman–Crippen LogP) is 1.15. The number of benzene rings is 1. The second-order valence-corrected chi connectivity index (χ2v) is 4.53. The molecule has 104 valence electrons. The van der Waals surface area contributed by atoms with Gasteiger partial charge in [0.25, 0.3) is 5.89 Å². The lowest BCUT2D eigenvalue weighted by Crippen LogP contribution is -2.01. The fourth-order valence-electron chi connectivity index (χ4n) is 2.20. The molecular formula is C13H10N6O2. The van der Waals surface area contributed by atoms with E-state index in [0.29, 0.717) is 34.9 Å². The van der Waals surface area contributed by atoms with Gasteiger partial charge in [0, 0.05) is 12.4 Å². The average molecular weight is 282 g/mol. The molecule has 4 rings (SSSR count). The van der Waals surface area contributed by atoms with Gasteiger partial charge in [0.05, 0.1) is 16.6 Å². The van der Waals surface area contributed by atoms with Gasteiger partial charge in [0.2, 0.25) is 0 Å². The van der Waals surface area contributed by atoms with E-state index in [0.717, 1.165) is 0 Å². The van der Waals surface area contributed by atoms with Crippen LogP contribution in [0.3, 0.4) is 0 Å². The minimum Gasteiger partial charge on any atom is -0.334 e. The smallest absolute Gasteiger partial charge is 0.323 e. The van der Waals surface area contributed by atoms with Gasteiger partial charge in [-0.25, -0.2) is 4.79 Å². The number of aromatic nitrogens is 6. The van der Waals surface area contributed by atoms with Crippen LogP contribution in [-0.2, 0) is 6.54 Å². The van der Waals surface area contributed by atoms with Crippen LogP contribution in [0.4, 0.5) is 0 Å². The molecule has 3 aromatic heterocycles. The molecule has 0 spiro atoms. The molecule has 8 nitrogen and oxygen atoms in total. The lowest BCUT2D eigenvalue weighted by atomic mass is 10.2. The maximum absolute atomic E-state index is 11.4. The van der Waals surface area contributed by atoms with Crippen molar-refractivity contribution in [3.63, 3.8) is 0 Å². The minimum absolute atomic E-state index is 0.270. The van der Waals surface area contributed by atoms with Crippen LogP contribution in [0.1, 0.15) is 5.82 Å². The van der Waals surface area contributed by atoms with Crippen LogP contribution in [-0.4, -0.2) is 29.9 Å². The molecule has 0 unspecified atom stereocenters. The van der Waals surface area contributed by atoms with Crippen molar-refractivity contribution in [3.8, 4) is 11.5 Å². The van der Waals surface area contributed by atoms with Crippen LogP contribution in [0, 0.1) is 0 Å². The highest BCUT2D eigenvalue weighted by Crippen LogP contribution is 2.24. The lowest BCUT2D eigenvalue weighted by molar-refractivity contribution is 0.419. The molecular weight excluding hydrogens is 272 g/mol. The topological polar surface area (TPSA) is 105 Å². The zero-order chi connectivity index (χ0) is 14.2. The molecule has 0 radical (unpaired) electrons. The Balaban J connectivity index is 1.75. The normalized spacial score (nSPS) is 11.2. The van der Waals surface area contributed by atoms with E-state index in [1.165, 1.54) is 0 Å². The molecule has 0 aliphatic rings. The summed E-state index contributed by atoms with van der Waals surface area (Å²) in [6.45, 7) is 0.427. The van der Waals surface area contributed by atoms with Crippen LogP contribution >= 0.6 is 0 Å². The van der Waals surface area contributed by atoms with Crippen LogP contribution in [0.2, 0.25) is 0 Å². The molecule has 0 bridgehead atoms. The number of imidazole rings is 1. The third kappa shape index (κ3) is 2.02. The van der Waals surface area contributed by atoms with Crippen molar-refractivity contribution in [2.75, 3.05) is 0 Å². The monoisotopic (exact) mass is 282 g/mol. The first-order valence-corrected chi connectivity index (χ1v) is 6.31. The van der Waals surface area contributed by atoms with Crippen LogP contribution in [0.5, 0.6) is 0 Å². The minimum atomic E-state index is -0.270. The zero-order valence-electron chi connectivity index (χ0n) is 10.8. The van der Waals surface area contributed by atoms with Crippen LogP contribution < -0.4 is 5.69 Å². The SMILES string of the molecule is O=c1[nH]c2cccc(-c3nc(Cn4cccn4)no3)c2[nH]1. The van der Waals surface area contributed by atoms with Crippen molar-refractivity contribution in [1.82, 2.24) is 29.9 Å². The van der Waals surface area contributed by atoms with Gasteiger partial charge >= 0.3 is 5.69 Å². The molecule has 2 N–H and O–H groups in total. The lowest BCUT2D eigenvalue weighted by Gasteiger charge is -1.96. The molecule has 0 saturated carbocycles. The fourth-order valence-corrected chi connectivity index (χ4v) is 2.20. The standard InChI is InChI=1S/C13H10N6O2/c20-13-15-9-4-1-3-8(11(9)17-13)12-16-10(18-21-12)7-19-6-2-5-14-19/h1-6H,7H2,(H2,15,17,20). The number of nitrogens with one attached hydrogen (secondary N) is 2. The van der Waals surface area contributed by atoms with E-state index in [1.54, 1.807) is 16.9 Å². The molecule has 0 saturated heterocycles. The summed E-state index contributed by atoms with van der Waals surface area (Å²) >= 11 is 0. The van der Waals surface area contributed by atoms with E-state index in [9.17, 15) is 4.79 Å². The fraction of sp³-hybridized carbons (Fsp3) is 0.0769. The van der Waals surface area contributed by atoms with Crippen molar-refractivity contribution < 1.29 is 4.52 Å². The van der Waals surface area contributed by atoms with Gasteiger partial charge in [-0.2, -0.15) is 10.1 Å². The Kier molecular flexibility index (Phi) is 2.46.